The first-order valence-corrected chi connectivity index (χ1v) is 14.2. The second-order valence-corrected chi connectivity index (χ2v) is 11.3. The van der Waals surface area contributed by atoms with Gasteiger partial charge in [0.2, 0.25) is 0 Å². The number of methoxy groups -OCH3 is 2. The molecule has 0 radical (unpaired) electrons. The van der Waals surface area contributed by atoms with Crippen LogP contribution in [-0.4, -0.2) is 43.7 Å². The summed E-state index contributed by atoms with van der Waals surface area (Å²) in [5, 5.41) is 0.246. The molecule has 0 amide bonds. The fourth-order valence-corrected chi connectivity index (χ4v) is 7.42. The SMILES string of the molecule is COc1ccc([C@H]2[C@@H](C(=O)c3ccccc3Cl)N3c4ccc(F)cc4C=C[C@@H]3C23C(=O)c2ccccc2C3=O)cc1OC. The van der Waals surface area contributed by atoms with Gasteiger partial charge in [-0.2, -0.15) is 0 Å². The third kappa shape index (κ3) is 3.67. The normalized spacial score (nSPS) is 21.0. The Morgan fingerprint density at radius 1 is 0.860 bits per heavy atom. The van der Waals surface area contributed by atoms with Gasteiger partial charge in [0.1, 0.15) is 17.3 Å². The van der Waals surface area contributed by atoms with Gasteiger partial charge >= 0.3 is 0 Å². The van der Waals surface area contributed by atoms with E-state index in [2.05, 4.69) is 0 Å². The van der Waals surface area contributed by atoms with Gasteiger partial charge in [0, 0.05) is 33.9 Å². The third-order valence-electron chi connectivity index (χ3n) is 8.94. The Morgan fingerprint density at radius 2 is 1.53 bits per heavy atom. The predicted octanol–water partition coefficient (Wildman–Crippen LogP) is 6.81. The van der Waals surface area contributed by atoms with Crippen LogP contribution in [0.4, 0.5) is 10.1 Å². The average molecular weight is 594 g/mol. The Morgan fingerprint density at radius 3 is 2.21 bits per heavy atom. The molecule has 8 heteroatoms. The fraction of sp³-hybridized carbons (Fsp3) is 0.171. The summed E-state index contributed by atoms with van der Waals surface area (Å²) in [6, 6.07) is 21.0. The molecule has 6 nitrogen and oxygen atoms in total. The summed E-state index contributed by atoms with van der Waals surface area (Å²) in [5.41, 5.74) is 0.773. The minimum atomic E-state index is -1.71. The molecule has 3 aliphatic rings. The summed E-state index contributed by atoms with van der Waals surface area (Å²) < 4.78 is 25.5. The summed E-state index contributed by atoms with van der Waals surface area (Å²) in [6.45, 7) is 0. The van der Waals surface area contributed by atoms with Crippen LogP contribution in [0.5, 0.6) is 11.5 Å². The highest BCUT2D eigenvalue weighted by molar-refractivity contribution is 6.35. The van der Waals surface area contributed by atoms with Crippen molar-refractivity contribution in [3.8, 4) is 11.5 Å². The van der Waals surface area contributed by atoms with Crippen LogP contribution in [0.15, 0.2) is 91.0 Å². The summed E-state index contributed by atoms with van der Waals surface area (Å²) in [6.07, 6.45) is 3.47. The monoisotopic (exact) mass is 593 g/mol. The van der Waals surface area contributed by atoms with Gasteiger partial charge in [-0.25, -0.2) is 4.39 Å². The summed E-state index contributed by atoms with van der Waals surface area (Å²) in [5.74, 6) is -1.68. The molecule has 1 aliphatic carbocycles. The van der Waals surface area contributed by atoms with Crippen molar-refractivity contribution in [2.24, 2.45) is 5.41 Å². The molecule has 1 saturated heterocycles. The van der Waals surface area contributed by atoms with E-state index in [0.717, 1.165) is 0 Å². The number of fused-ring (bicyclic) bond motifs is 5. The zero-order valence-corrected chi connectivity index (χ0v) is 24.0. The second-order valence-electron chi connectivity index (χ2n) is 10.9. The Hall–Kier alpha value is -4.75. The smallest absolute Gasteiger partial charge is 0.187 e. The number of anilines is 1. The highest BCUT2D eigenvalue weighted by atomic mass is 35.5. The topological polar surface area (TPSA) is 72.9 Å². The number of hydrogen-bond donors (Lipinski definition) is 0. The van der Waals surface area contributed by atoms with Crippen LogP contribution in [0.1, 0.15) is 48.1 Å². The lowest BCUT2D eigenvalue weighted by atomic mass is 9.64. The van der Waals surface area contributed by atoms with Gasteiger partial charge in [-0.3, -0.25) is 14.4 Å². The van der Waals surface area contributed by atoms with Crippen molar-refractivity contribution in [1.29, 1.82) is 0 Å². The van der Waals surface area contributed by atoms with E-state index < -0.39 is 29.2 Å². The standard InChI is InChI=1S/C35H25ClFNO5/c1-42-27-15-11-20(18-28(27)43-2)30-31(32(39)24-9-5-6-10-25(24)36)38-26-14-13-21(37)17-19(26)12-16-29(38)35(30)33(40)22-7-3-4-8-23(22)34(35)41/h3-18,29-31H,1-2H3/t29-,30+,31+/m1/s1. The Bertz CT molecular complexity index is 1850. The van der Waals surface area contributed by atoms with E-state index in [1.54, 1.807) is 84.9 Å². The molecule has 1 spiro atoms. The first kappa shape index (κ1) is 27.1. The molecule has 0 bridgehead atoms. The van der Waals surface area contributed by atoms with Crippen molar-refractivity contribution in [2.45, 2.75) is 18.0 Å². The van der Waals surface area contributed by atoms with Crippen LogP contribution < -0.4 is 14.4 Å². The molecule has 4 aromatic carbocycles. The molecular weight excluding hydrogens is 569 g/mol. The van der Waals surface area contributed by atoms with E-state index in [1.165, 1.54) is 26.4 Å². The quantitative estimate of drug-likeness (QED) is 0.187. The number of ketones is 3. The third-order valence-corrected chi connectivity index (χ3v) is 9.27. The number of ether oxygens (including phenoxy) is 2. The highest BCUT2D eigenvalue weighted by Crippen LogP contribution is 2.61. The zero-order chi connectivity index (χ0) is 30.0. The van der Waals surface area contributed by atoms with Crippen molar-refractivity contribution in [2.75, 3.05) is 19.1 Å². The van der Waals surface area contributed by atoms with Gasteiger partial charge in [-0.15, -0.1) is 0 Å². The maximum Gasteiger partial charge on any atom is 0.187 e. The summed E-state index contributed by atoms with van der Waals surface area (Å²) in [7, 11) is 3.01. The minimum Gasteiger partial charge on any atom is -0.493 e. The van der Waals surface area contributed by atoms with Gasteiger partial charge in [-0.05, 0) is 48.0 Å². The molecule has 4 aromatic rings. The molecule has 0 aromatic heterocycles. The molecule has 0 unspecified atom stereocenters. The molecule has 1 fully saturated rings. The molecule has 7 rings (SSSR count). The van der Waals surface area contributed by atoms with Crippen molar-refractivity contribution < 1.29 is 28.2 Å². The van der Waals surface area contributed by atoms with E-state index in [1.807, 2.05) is 4.90 Å². The Kier molecular flexibility index (Phi) is 6.25. The molecule has 2 aliphatic heterocycles. The maximum atomic E-state index is 14.8. The van der Waals surface area contributed by atoms with Crippen molar-refractivity contribution >= 4 is 40.7 Å². The van der Waals surface area contributed by atoms with E-state index in [4.69, 9.17) is 21.1 Å². The number of rotatable bonds is 5. The molecule has 0 N–H and O–H groups in total. The van der Waals surface area contributed by atoms with Crippen LogP contribution in [-0.2, 0) is 0 Å². The fourth-order valence-electron chi connectivity index (χ4n) is 7.19. The van der Waals surface area contributed by atoms with E-state index in [0.29, 0.717) is 39.4 Å². The minimum absolute atomic E-state index is 0.246. The van der Waals surface area contributed by atoms with Crippen molar-refractivity contribution in [1.82, 2.24) is 0 Å². The number of nitrogens with zero attached hydrogens (tertiary/aromatic N) is 1. The number of carbonyl (C=O) groups is 3. The van der Waals surface area contributed by atoms with Crippen LogP contribution in [0.3, 0.4) is 0 Å². The van der Waals surface area contributed by atoms with Crippen LogP contribution in [0.25, 0.3) is 6.08 Å². The lowest BCUT2D eigenvalue weighted by molar-refractivity contribution is 0.0665. The predicted molar refractivity (Wildman–Crippen MR) is 161 cm³/mol. The number of halogens is 2. The van der Waals surface area contributed by atoms with E-state index in [-0.39, 0.29) is 27.9 Å². The first-order valence-electron chi connectivity index (χ1n) is 13.8. The summed E-state index contributed by atoms with van der Waals surface area (Å²) >= 11 is 6.58. The van der Waals surface area contributed by atoms with Gasteiger partial charge < -0.3 is 14.4 Å². The lowest BCUT2D eigenvalue weighted by Gasteiger charge is -2.37. The number of benzene rings is 4. The van der Waals surface area contributed by atoms with E-state index in [9.17, 15) is 18.8 Å². The van der Waals surface area contributed by atoms with Gasteiger partial charge in [0.05, 0.1) is 25.3 Å². The molecule has 214 valence electrons. The van der Waals surface area contributed by atoms with Gasteiger partial charge in [0.15, 0.2) is 28.8 Å². The maximum absolute atomic E-state index is 14.8. The molecule has 0 saturated carbocycles. The lowest BCUT2D eigenvalue weighted by Crippen LogP contribution is -2.48. The molecular formula is C35H25ClFNO5. The Labute approximate surface area is 252 Å². The van der Waals surface area contributed by atoms with E-state index >= 15 is 0 Å². The van der Waals surface area contributed by atoms with Crippen LogP contribution in [0, 0.1) is 11.2 Å². The van der Waals surface area contributed by atoms with Crippen molar-refractivity contribution in [3.63, 3.8) is 0 Å². The molecule has 43 heavy (non-hydrogen) atoms. The summed E-state index contributed by atoms with van der Waals surface area (Å²) in [4.78, 5) is 46.1. The number of hydrogen-bond acceptors (Lipinski definition) is 6. The van der Waals surface area contributed by atoms with Crippen molar-refractivity contribution in [3.05, 3.63) is 130 Å². The Balaban J connectivity index is 1.57. The average Bonchev–Trinajstić information content (AvgIpc) is 3.46. The van der Waals surface area contributed by atoms with Gasteiger partial charge in [0.25, 0.3) is 0 Å². The van der Waals surface area contributed by atoms with Gasteiger partial charge in [-0.1, -0.05) is 66.2 Å². The number of carbonyl (C=O) groups excluding carboxylic acids is 3. The highest BCUT2D eigenvalue weighted by Gasteiger charge is 2.71. The molecule has 3 atom stereocenters. The second kappa shape index (κ2) is 9.92. The van der Waals surface area contributed by atoms with Crippen LogP contribution >= 0.6 is 11.6 Å². The largest absolute Gasteiger partial charge is 0.493 e. The number of Topliss-reactive ketones (excluding diaryl/α,β-unsaturated/α-hetero) is 3. The first-order chi connectivity index (χ1) is 20.8. The molecule has 2 heterocycles. The van der Waals surface area contributed by atoms with Crippen LogP contribution in [0.2, 0.25) is 5.02 Å². The zero-order valence-electron chi connectivity index (χ0n) is 23.2.